The van der Waals surface area contributed by atoms with Gasteiger partial charge in [-0.05, 0) is 18.9 Å². The number of hydrogen-bond donors (Lipinski definition) is 2. The van der Waals surface area contributed by atoms with E-state index >= 15 is 0 Å². The lowest BCUT2D eigenvalue weighted by Crippen LogP contribution is -2.27. The predicted octanol–water partition coefficient (Wildman–Crippen LogP) is 1.10. The van der Waals surface area contributed by atoms with Gasteiger partial charge in [-0.25, -0.2) is 0 Å². The molecule has 1 unspecified atom stereocenters. The van der Waals surface area contributed by atoms with E-state index in [0.29, 0.717) is 5.92 Å². The van der Waals surface area contributed by atoms with Gasteiger partial charge in [0.1, 0.15) is 0 Å². The molecule has 0 spiro atoms. The first-order valence-corrected chi connectivity index (χ1v) is 4.09. The first-order chi connectivity index (χ1) is 5.16. The van der Waals surface area contributed by atoms with Crippen LogP contribution in [0.15, 0.2) is 0 Å². The number of carbonyl (C=O) groups is 1. The Kier molecular flexibility index (Phi) is 5.84. The lowest BCUT2D eigenvalue weighted by atomic mass is 10.1. The largest absolute Gasteiger partial charge is 0.480 e. The molecule has 3 nitrogen and oxygen atoms in total. The van der Waals surface area contributed by atoms with E-state index in [2.05, 4.69) is 19.2 Å². The van der Waals surface area contributed by atoms with Crippen molar-refractivity contribution in [1.29, 1.82) is 0 Å². The Morgan fingerprint density at radius 1 is 1.64 bits per heavy atom. The summed E-state index contributed by atoms with van der Waals surface area (Å²) in [6, 6.07) is 0. The fourth-order valence-corrected chi connectivity index (χ4v) is 1.02. The van der Waals surface area contributed by atoms with Crippen LogP contribution in [0.3, 0.4) is 0 Å². The summed E-state index contributed by atoms with van der Waals surface area (Å²) in [6.45, 7) is 5.14. The van der Waals surface area contributed by atoms with Crippen molar-refractivity contribution in [2.45, 2.75) is 26.7 Å². The Balaban J connectivity index is 3.16. The van der Waals surface area contributed by atoms with Gasteiger partial charge in [0.05, 0.1) is 6.54 Å². The van der Waals surface area contributed by atoms with Gasteiger partial charge in [-0.15, -0.1) is 0 Å². The number of nitrogens with one attached hydrogen (secondary N) is 1. The van der Waals surface area contributed by atoms with Crippen molar-refractivity contribution >= 4 is 5.97 Å². The van der Waals surface area contributed by atoms with Crippen LogP contribution in [0.25, 0.3) is 0 Å². The number of aliphatic carboxylic acids is 1. The van der Waals surface area contributed by atoms with E-state index in [4.69, 9.17) is 5.11 Å². The van der Waals surface area contributed by atoms with Gasteiger partial charge in [-0.3, -0.25) is 4.79 Å². The molecule has 0 aromatic rings. The summed E-state index contributed by atoms with van der Waals surface area (Å²) in [4.78, 5) is 10.1. The van der Waals surface area contributed by atoms with Crippen molar-refractivity contribution in [3.8, 4) is 0 Å². The van der Waals surface area contributed by atoms with Crippen LogP contribution in [0.4, 0.5) is 0 Å². The maximum atomic E-state index is 10.1. The molecule has 0 aliphatic heterocycles. The van der Waals surface area contributed by atoms with Gasteiger partial charge in [0.2, 0.25) is 0 Å². The monoisotopic (exact) mass is 159 g/mol. The van der Waals surface area contributed by atoms with E-state index in [9.17, 15) is 4.79 Å². The molecule has 2 N–H and O–H groups in total. The van der Waals surface area contributed by atoms with E-state index in [-0.39, 0.29) is 6.54 Å². The van der Waals surface area contributed by atoms with E-state index < -0.39 is 5.97 Å². The van der Waals surface area contributed by atoms with Crippen LogP contribution >= 0.6 is 0 Å². The second kappa shape index (κ2) is 6.16. The Hall–Kier alpha value is -0.570. The molecule has 0 saturated heterocycles. The minimum absolute atomic E-state index is 0.0774. The second-order valence-electron chi connectivity index (χ2n) is 2.92. The minimum Gasteiger partial charge on any atom is -0.480 e. The van der Waals surface area contributed by atoms with Crippen molar-refractivity contribution < 1.29 is 9.90 Å². The zero-order valence-electron chi connectivity index (χ0n) is 7.26. The standard InChI is InChI=1S/C8H17NO2/c1-3-4-7(2)5-9-6-8(10)11/h7,9H,3-6H2,1-2H3,(H,10,11). The fourth-order valence-electron chi connectivity index (χ4n) is 1.02. The van der Waals surface area contributed by atoms with Crippen LogP contribution in [0.2, 0.25) is 0 Å². The molecule has 0 rings (SSSR count). The van der Waals surface area contributed by atoms with Crippen molar-refractivity contribution in [1.82, 2.24) is 5.32 Å². The van der Waals surface area contributed by atoms with Crippen molar-refractivity contribution in [2.75, 3.05) is 13.1 Å². The third kappa shape index (κ3) is 7.33. The average Bonchev–Trinajstić information content (AvgIpc) is 1.87. The van der Waals surface area contributed by atoms with Crippen LogP contribution in [0.5, 0.6) is 0 Å². The van der Waals surface area contributed by atoms with Crippen LogP contribution in [-0.4, -0.2) is 24.2 Å². The SMILES string of the molecule is CCCC(C)CNCC(=O)O. The molecule has 66 valence electrons. The minimum atomic E-state index is -0.784. The summed E-state index contributed by atoms with van der Waals surface area (Å²) in [5, 5.41) is 11.2. The molecule has 0 heterocycles. The summed E-state index contributed by atoms with van der Waals surface area (Å²) in [7, 11) is 0. The summed E-state index contributed by atoms with van der Waals surface area (Å²) < 4.78 is 0. The normalized spacial score (nSPS) is 12.9. The highest BCUT2D eigenvalue weighted by molar-refractivity contribution is 5.68. The third-order valence-electron chi connectivity index (χ3n) is 1.55. The zero-order chi connectivity index (χ0) is 8.69. The molecule has 0 aromatic carbocycles. The highest BCUT2D eigenvalue weighted by atomic mass is 16.4. The second-order valence-corrected chi connectivity index (χ2v) is 2.92. The first-order valence-electron chi connectivity index (χ1n) is 4.09. The summed E-state index contributed by atoms with van der Waals surface area (Å²) >= 11 is 0. The smallest absolute Gasteiger partial charge is 0.317 e. The third-order valence-corrected chi connectivity index (χ3v) is 1.55. The molecule has 0 bridgehead atoms. The number of carboxylic acids is 1. The topological polar surface area (TPSA) is 49.3 Å². The lowest BCUT2D eigenvalue weighted by molar-refractivity contribution is -0.135. The molecule has 11 heavy (non-hydrogen) atoms. The van der Waals surface area contributed by atoms with Gasteiger partial charge in [0.25, 0.3) is 0 Å². The Bertz CT molecular complexity index is 115. The van der Waals surface area contributed by atoms with Gasteiger partial charge in [0.15, 0.2) is 0 Å². The van der Waals surface area contributed by atoms with Gasteiger partial charge < -0.3 is 10.4 Å². The van der Waals surface area contributed by atoms with Gasteiger partial charge in [-0.1, -0.05) is 20.3 Å². The number of rotatable bonds is 6. The van der Waals surface area contributed by atoms with Crippen LogP contribution in [0.1, 0.15) is 26.7 Å². The van der Waals surface area contributed by atoms with Crippen molar-refractivity contribution in [3.05, 3.63) is 0 Å². The average molecular weight is 159 g/mol. The molecular formula is C8H17NO2. The summed E-state index contributed by atoms with van der Waals surface area (Å²) in [5.74, 6) is -0.201. The Morgan fingerprint density at radius 2 is 2.27 bits per heavy atom. The molecule has 0 aliphatic carbocycles. The highest BCUT2D eigenvalue weighted by Gasteiger charge is 2.00. The Morgan fingerprint density at radius 3 is 2.73 bits per heavy atom. The summed E-state index contributed by atoms with van der Waals surface area (Å²) in [5.41, 5.74) is 0. The predicted molar refractivity (Wildman–Crippen MR) is 44.6 cm³/mol. The molecule has 0 radical (unpaired) electrons. The van der Waals surface area contributed by atoms with Crippen molar-refractivity contribution in [2.24, 2.45) is 5.92 Å². The van der Waals surface area contributed by atoms with E-state index in [1.165, 1.54) is 0 Å². The maximum absolute atomic E-state index is 10.1. The molecule has 0 aliphatic rings. The van der Waals surface area contributed by atoms with Gasteiger partial charge in [-0.2, -0.15) is 0 Å². The van der Waals surface area contributed by atoms with E-state index in [1.807, 2.05) is 0 Å². The van der Waals surface area contributed by atoms with E-state index in [1.54, 1.807) is 0 Å². The lowest BCUT2D eigenvalue weighted by Gasteiger charge is -2.09. The van der Waals surface area contributed by atoms with Gasteiger partial charge >= 0.3 is 5.97 Å². The number of hydrogen-bond acceptors (Lipinski definition) is 2. The number of carboxylic acid groups (broad SMARTS) is 1. The zero-order valence-corrected chi connectivity index (χ0v) is 7.26. The fraction of sp³-hybridized carbons (Fsp3) is 0.875. The van der Waals surface area contributed by atoms with Crippen LogP contribution in [-0.2, 0) is 4.79 Å². The van der Waals surface area contributed by atoms with Crippen LogP contribution < -0.4 is 5.32 Å². The molecule has 3 heteroatoms. The molecule has 0 saturated carbocycles. The maximum Gasteiger partial charge on any atom is 0.317 e. The molecule has 0 amide bonds. The quantitative estimate of drug-likeness (QED) is 0.610. The van der Waals surface area contributed by atoms with Crippen molar-refractivity contribution in [3.63, 3.8) is 0 Å². The first kappa shape index (κ1) is 10.4. The Labute approximate surface area is 67.8 Å². The molecule has 0 fully saturated rings. The highest BCUT2D eigenvalue weighted by Crippen LogP contribution is 2.01. The van der Waals surface area contributed by atoms with Crippen LogP contribution in [0, 0.1) is 5.92 Å². The molecular weight excluding hydrogens is 142 g/mol. The summed E-state index contributed by atoms with van der Waals surface area (Å²) in [6.07, 6.45) is 2.32. The van der Waals surface area contributed by atoms with E-state index in [0.717, 1.165) is 19.4 Å². The molecule has 1 atom stereocenters. The van der Waals surface area contributed by atoms with Gasteiger partial charge in [0, 0.05) is 0 Å². The molecule has 0 aromatic heterocycles.